The number of carbonyl (C=O) groups excluding carboxylic acids is 1. The Morgan fingerprint density at radius 3 is 2.60 bits per heavy atom. The molecule has 6 heteroatoms. The molecule has 0 spiro atoms. The summed E-state index contributed by atoms with van der Waals surface area (Å²) in [6, 6.07) is 9.60. The number of amides is 2. The Kier molecular flexibility index (Phi) is 4.57. The second-order valence-electron chi connectivity index (χ2n) is 3.94. The van der Waals surface area contributed by atoms with Crippen LogP contribution in [0.5, 0.6) is 0 Å². The molecular formula is C14H12F2N2OS. The van der Waals surface area contributed by atoms with Gasteiger partial charge in [-0.25, -0.2) is 13.6 Å². The number of hydrogen-bond acceptors (Lipinski definition) is 2. The lowest BCUT2D eigenvalue weighted by atomic mass is 10.3. The minimum absolute atomic E-state index is 0.0788. The van der Waals surface area contributed by atoms with Crippen LogP contribution in [0, 0.1) is 11.6 Å². The average Bonchev–Trinajstić information content (AvgIpc) is 2.42. The lowest BCUT2D eigenvalue weighted by Gasteiger charge is -2.09. The van der Waals surface area contributed by atoms with Gasteiger partial charge in [0.05, 0.1) is 5.69 Å². The maximum absolute atomic E-state index is 13.4. The van der Waals surface area contributed by atoms with E-state index >= 15 is 0 Å². The first-order valence-corrected chi connectivity index (χ1v) is 6.98. The van der Waals surface area contributed by atoms with Gasteiger partial charge in [-0.15, -0.1) is 11.8 Å². The van der Waals surface area contributed by atoms with Crippen molar-refractivity contribution in [3.63, 3.8) is 0 Å². The molecule has 0 aliphatic rings. The van der Waals surface area contributed by atoms with Crippen molar-refractivity contribution in [2.75, 3.05) is 16.9 Å². The largest absolute Gasteiger partial charge is 0.323 e. The van der Waals surface area contributed by atoms with Crippen LogP contribution in [0.15, 0.2) is 47.4 Å². The van der Waals surface area contributed by atoms with Gasteiger partial charge in [0.15, 0.2) is 0 Å². The fraction of sp³-hybridized carbons (Fsp3) is 0.0714. The first-order valence-electron chi connectivity index (χ1n) is 5.75. The molecule has 2 N–H and O–H groups in total. The molecule has 0 aliphatic heterocycles. The topological polar surface area (TPSA) is 41.1 Å². The molecule has 0 fully saturated rings. The van der Waals surface area contributed by atoms with Crippen LogP contribution in [0.1, 0.15) is 0 Å². The molecule has 2 aromatic carbocycles. The van der Waals surface area contributed by atoms with Crippen molar-refractivity contribution in [1.82, 2.24) is 0 Å². The smallest absolute Gasteiger partial charge is 0.308 e. The van der Waals surface area contributed by atoms with Crippen molar-refractivity contribution in [2.24, 2.45) is 0 Å². The number of urea groups is 1. The molecule has 0 saturated carbocycles. The Morgan fingerprint density at radius 2 is 1.90 bits per heavy atom. The van der Waals surface area contributed by atoms with Gasteiger partial charge in [0.1, 0.15) is 11.6 Å². The van der Waals surface area contributed by atoms with Crippen LogP contribution < -0.4 is 10.6 Å². The summed E-state index contributed by atoms with van der Waals surface area (Å²) in [6.45, 7) is 0. The van der Waals surface area contributed by atoms with Crippen molar-refractivity contribution in [3.8, 4) is 0 Å². The van der Waals surface area contributed by atoms with Crippen LogP contribution in [0.2, 0.25) is 0 Å². The van der Waals surface area contributed by atoms with E-state index in [1.54, 1.807) is 30.0 Å². The van der Waals surface area contributed by atoms with Gasteiger partial charge < -0.3 is 10.6 Å². The zero-order valence-corrected chi connectivity index (χ0v) is 11.4. The van der Waals surface area contributed by atoms with Crippen molar-refractivity contribution < 1.29 is 13.6 Å². The van der Waals surface area contributed by atoms with Crippen LogP contribution in [-0.4, -0.2) is 12.3 Å². The molecule has 2 aromatic rings. The molecule has 104 valence electrons. The lowest BCUT2D eigenvalue weighted by molar-refractivity contribution is 0.262. The van der Waals surface area contributed by atoms with E-state index in [1.807, 2.05) is 12.3 Å². The molecule has 0 heterocycles. The minimum Gasteiger partial charge on any atom is -0.308 e. The van der Waals surface area contributed by atoms with Crippen LogP contribution in [-0.2, 0) is 0 Å². The van der Waals surface area contributed by atoms with Crippen LogP contribution in [0.3, 0.4) is 0 Å². The molecule has 2 amide bonds. The normalized spacial score (nSPS) is 10.2. The molecule has 3 nitrogen and oxygen atoms in total. The Bertz CT molecular complexity index is 634. The molecule has 0 saturated heterocycles. The first-order chi connectivity index (χ1) is 9.58. The van der Waals surface area contributed by atoms with E-state index in [0.29, 0.717) is 11.8 Å². The molecule has 0 unspecified atom stereocenters. The van der Waals surface area contributed by atoms with Gasteiger partial charge in [-0.3, -0.25) is 0 Å². The number of rotatable bonds is 3. The summed E-state index contributed by atoms with van der Waals surface area (Å²) in [6.07, 6.45) is 1.92. The van der Waals surface area contributed by atoms with Crippen molar-refractivity contribution in [3.05, 3.63) is 54.1 Å². The molecule has 0 aliphatic carbocycles. The zero-order valence-electron chi connectivity index (χ0n) is 10.6. The number of thioether (sulfide) groups is 1. The molecule has 2 rings (SSSR count). The van der Waals surface area contributed by atoms with Crippen LogP contribution in [0.25, 0.3) is 0 Å². The molecule has 0 atom stereocenters. The van der Waals surface area contributed by atoms with E-state index in [-0.39, 0.29) is 5.69 Å². The fourth-order valence-corrected chi connectivity index (χ4v) is 2.04. The standard InChI is InChI=1S/C14H12F2N2OS/c1-20-11-4-2-3-10(8-11)17-14(19)18-13-6-5-9(15)7-12(13)16/h2-8H,1H3,(H2,17,18,19). The molecule has 0 aromatic heterocycles. The predicted molar refractivity (Wildman–Crippen MR) is 77.2 cm³/mol. The molecule has 0 radical (unpaired) electrons. The molecule has 0 bridgehead atoms. The Labute approximate surface area is 119 Å². The second kappa shape index (κ2) is 6.38. The first kappa shape index (κ1) is 14.3. The zero-order chi connectivity index (χ0) is 14.5. The highest BCUT2D eigenvalue weighted by Crippen LogP contribution is 2.20. The van der Waals surface area contributed by atoms with Crippen LogP contribution >= 0.6 is 11.8 Å². The van der Waals surface area contributed by atoms with Crippen molar-refractivity contribution in [1.29, 1.82) is 0 Å². The number of halogens is 2. The van der Waals surface area contributed by atoms with E-state index in [0.717, 1.165) is 11.0 Å². The Morgan fingerprint density at radius 1 is 1.10 bits per heavy atom. The summed E-state index contributed by atoms with van der Waals surface area (Å²) in [7, 11) is 0. The summed E-state index contributed by atoms with van der Waals surface area (Å²) >= 11 is 1.54. The number of nitrogens with one attached hydrogen (secondary N) is 2. The van der Waals surface area contributed by atoms with Gasteiger partial charge in [0, 0.05) is 16.6 Å². The molecular weight excluding hydrogens is 282 g/mol. The van der Waals surface area contributed by atoms with E-state index in [1.165, 1.54) is 6.07 Å². The number of carbonyl (C=O) groups is 1. The Balaban J connectivity index is 2.05. The third-order valence-electron chi connectivity index (χ3n) is 2.51. The number of anilines is 2. The van der Waals surface area contributed by atoms with E-state index in [4.69, 9.17) is 0 Å². The average molecular weight is 294 g/mol. The third kappa shape index (κ3) is 3.71. The highest BCUT2D eigenvalue weighted by atomic mass is 32.2. The van der Waals surface area contributed by atoms with Gasteiger partial charge in [0.2, 0.25) is 0 Å². The van der Waals surface area contributed by atoms with E-state index in [2.05, 4.69) is 10.6 Å². The van der Waals surface area contributed by atoms with Crippen molar-refractivity contribution in [2.45, 2.75) is 4.90 Å². The van der Waals surface area contributed by atoms with E-state index in [9.17, 15) is 13.6 Å². The third-order valence-corrected chi connectivity index (χ3v) is 3.23. The lowest BCUT2D eigenvalue weighted by Crippen LogP contribution is -2.20. The summed E-state index contributed by atoms with van der Waals surface area (Å²) in [5.41, 5.74) is 0.516. The highest BCUT2D eigenvalue weighted by Gasteiger charge is 2.08. The maximum atomic E-state index is 13.4. The highest BCUT2D eigenvalue weighted by molar-refractivity contribution is 7.98. The Hall–Kier alpha value is -2.08. The fourth-order valence-electron chi connectivity index (χ4n) is 1.58. The molecule has 20 heavy (non-hydrogen) atoms. The van der Waals surface area contributed by atoms with Gasteiger partial charge in [-0.1, -0.05) is 6.07 Å². The predicted octanol–water partition coefficient (Wildman–Crippen LogP) is 4.33. The van der Waals surface area contributed by atoms with Crippen molar-refractivity contribution >= 4 is 29.2 Å². The number of benzene rings is 2. The second-order valence-corrected chi connectivity index (χ2v) is 4.81. The van der Waals surface area contributed by atoms with Gasteiger partial charge >= 0.3 is 6.03 Å². The van der Waals surface area contributed by atoms with Crippen LogP contribution in [0.4, 0.5) is 25.0 Å². The summed E-state index contributed by atoms with van der Waals surface area (Å²) in [5.74, 6) is -1.51. The SMILES string of the molecule is CSc1cccc(NC(=O)Nc2ccc(F)cc2F)c1. The summed E-state index contributed by atoms with van der Waals surface area (Å²) < 4.78 is 26.1. The summed E-state index contributed by atoms with van der Waals surface area (Å²) in [5, 5.41) is 4.91. The van der Waals surface area contributed by atoms with E-state index < -0.39 is 17.7 Å². The maximum Gasteiger partial charge on any atom is 0.323 e. The van der Waals surface area contributed by atoms with Gasteiger partial charge in [-0.2, -0.15) is 0 Å². The number of hydrogen-bond donors (Lipinski definition) is 2. The minimum atomic E-state index is -0.821. The van der Waals surface area contributed by atoms with Gasteiger partial charge in [0.25, 0.3) is 0 Å². The summed E-state index contributed by atoms with van der Waals surface area (Å²) in [4.78, 5) is 12.7. The monoisotopic (exact) mass is 294 g/mol. The van der Waals surface area contributed by atoms with Gasteiger partial charge in [-0.05, 0) is 36.6 Å². The quantitative estimate of drug-likeness (QED) is 0.827.